The number of hydrogen-bond donors (Lipinski definition) is 1. The lowest BCUT2D eigenvalue weighted by atomic mass is 10.2. The van der Waals surface area contributed by atoms with Gasteiger partial charge in [0.2, 0.25) is 0 Å². The van der Waals surface area contributed by atoms with Crippen LogP contribution in [0.3, 0.4) is 0 Å². The van der Waals surface area contributed by atoms with E-state index in [1.54, 1.807) is 0 Å². The van der Waals surface area contributed by atoms with Crippen LogP contribution in [0.1, 0.15) is 6.42 Å². The lowest BCUT2D eigenvalue weighted by Gasteiger charge is -1.96. The Morgan fingerprint density at radius 2 is 2.14 bits per heavy atom. The molecule has 1 N–H and O–H groups in total. The zero-order chi connectivity index (χ0) is 14.4. The molecular formula is C14H11Cl2N3OS. The molecule has 3 aromatic rings. The van der Waals surface area contributed by atoms with Crippen LogP contribution in [0, 0.1) is 5.92 Å². The highest BCUT2D eigenvalue weighted by Gasteiger charge is 2.51. The number of fused-ring (bicyclic) bond motifs is 1. The third-order valence-electron chi connectivity index (χ3n) is 3.59. The maximum absolute atomic E-state index is 6.01. The van der Waals surface area contributed by atoms with E-state index in [0.717, 1.165) is 28.6 Å². The van der Waals surface area contributed by atoms with E-state index >= 15 is 0 Å². The predicted octanol–water partition coefficient (Wildman–Crippen LogP) is 4.50. The summed E-state index contributed by atoms with van der Waals surface area (Å²) in [5.41, 5.74) is 1.97. The lowest BCUT2D eigenvalue weighted by Crippen LogP contribution is -1.92. The van der Waals surface area contributed by atoms with E-state index in [2.05, 4.69) is 15.2 Å². The van der Waals surface area contributed by atoms with Crippen molar-refractivity contribution < 1.29 is 4.42 Å². The second-order valence-electron chi connectivity index (χ2n) is 5.09. The highest BCUT2D eigenvalue weighted by atomic mass is 35.5. The van der Waals surface area contributed by atoms with Crippen LogP contribution in [0.5, 0.6) is 0 Å². The maximum atomic E-state index is 6.01. The number of hydrogen-bond acceptors (Lipinski definition) is 4. The molecule has 7 heteroatoms. The van der Waals surface area contributed by atoms with Gasteiger partial charge in [0.05, 0.1) is 5.56 Å². The summed E-state index contributed by atoms with van der Waals surface area (Å²) < 4.78 is 5.15. The van der Waals surface area contributed by atoms with Gasteiger partial charge in [-0.15, -0.1) is 33.4 Å². The van der Waals surface area contributed by atoms with Crippen molar-refractivity contribution in [2.75, 3.05) is 5.75 Å². The first-order valence-corrected chi connectivity index (χ1v) is 8.28. The van der Waals surface area contributed by atoms with Crippen molar-refractivity contribution in [3.63, 3.8) is 0 Å². The van der Waals surface area contributed by atoms with Gasteiger partial charge in [-0.1, -0.05) is 30.0 Å². The van der Waals surface area contributed by atoms with Crippen LogP contribution in [-0.4, -0.2) is 25.3 Å². The molecule has 1 fully saturated rings. The van der Waals surface area contributed by atoms with Gasteiger partial charge >= 0.3 is 0 Å². The van der Waals surface area contributed by atoms with Crippen LogP contribution < -0.4 is 0 Å². The van der Waals surface area contributed by atoms with Crippen LogP contribution in [-0.2, 0) is 0 Å². The van der Waals surface area contributed by atoms with Crippen molar-refractivity contribution in [1.82, 2.24) is 15.2 Å². The third-order valence-corrected chi connectivity index (χ3v) is 5.50. The quantitative estimate of drug-likeness (QED) is 0.561. The molecule has 0 spiro atoms. The number of aromatic nitrogens is 3. The van der Waals surface area contributed by atoms with Crippen molar-refractivity contribution in [1.29, 1.82) is 0 Å². The van der Waals surface area contributed by atoms with E-state index in [1.165, 1.54) is 11.8 Å². The molecule has 0 aliphatic heterocycles. The van der Waals surface area contributed by atoms with Crippen LogP contribution in [0.2, 0.25) is 0 Å². The van der Waals surface area contributed by atoms with Gasteiger partial charge < -0.3 is 9.40 Å². The molecule has 0 bridgehead atoms. The summed E-state index contributed by atoms with van der Waals surface area (Å²) in [7, 11) is 0. The summed E-state index contributed by atoms with van der Waals surface area (Å²) in [5, 5.41) is 9.81. The number of nitrogens with zero attached hydrogens (tertiary/aromatic N) is 2. The molecule has 2 aromatic heterocycles. The molecule has 0 saturated heterocycles. The Kier molecular flexibility index (Phi) is 3.17. The van der Waals surface area contributed by atoms with E-state index < -0.39 is 4.33 Å². The largest absolute Gasteiger partial charge is 0.411 e. The molecule has 1 saturated carbocycles. The molecular weight excluding hydrogens is 329 g/mol. The Labute approximate surface area is 135 Å². The van der Waals surface area contributed by atoms with Gasteiger partial charge in [-0.3, -0.25) is 0 Å². The van der Waals surface area contributed by atoms with E-state index in [1.807, 2.05) is 30.5 Å². The molecule has 1 aliphatic rings. The van der Waals surface area contributed by atoms with Crippen molar-refractivity contribution in [2.45, 2.75) is 16.0 Å². The zero-order valence-electron chi connectivity index (χ0n) is 10.8. The molecule has 0 unspecified atom stereocenters. The summed E-state index contributed by atoms with van der Waals surface area (Å²) >= 11 is 13.5. The fourth-order valence-electron chi connectivity index (χ4n) is 2.25. The Bertz CT molecular complexity index is 798. The first-order valence-electron chi connectivity index (χ1n) is 6.54. The van der Waals surface area contributed by atoms with E-state index in [0.29, 0.717) is 17.0 Å². The number of nitrogens with one attached hydrogen (secondary N) is 1. The molecule has 1 aromatic carbocycles. The summed E-state index contributed by atoms with van der Waals surface area (Å²) in [6.45, 7) is 0. The molecule has 1 aliphatic carbocycles. The molecule has 4 rings (SSSR count). The monoisotopic (exact) mass is 339 g/mol. The molecule has 21 heavy (non-hydrogen) atoms. The third kappa shape index (κ3) is 2.54. The summed E-state index contributed by atoms with van der Waals surface area (Å²) in [6.07, 6.45) is 2.71. The Balaban J connectivity index is 1.54. The Morgan fingerprint density at radius 1 is 1.33 bits per heavy atom. The van der Waals surface area contributed by atoms with E-state index in [-0.39, 0.29) is 0 Å². The highest BCUT2D eigenvalue weighted by Crippen LogP contribution is 2.54. The fraction of sp³-hybridized carbons (Fsp3) is 0.286. The average molecular weight is 340 g/mol. The molecule has 108 valence electrons. The smallest absolute Gasteiger partial charge is 0.276 e. The summed E-state index contributed by atoms with van der Waals surface area (Å²) in [5.74, 6) is 1.62. The van der Waals surface area contributed by atoms with Crippen LogP contribution in [0.15, 0.2) is 40.1 Å². The number of halogens is 2. The average Bonchev–Trinajstić information content (AvgIpc) is 2.90. The number of para-hydroxylation sites is 1. The van der Waals surface area contributed by atoms with Gasteiger partial charge in [-0.25, -0.2) is 0 Å². The van der Waals surface area contributed by atoms with Gasteiger partial charge in [-0.05, 0) is 12.5 Å². The topological polar surface area (TPSA) is 54.7 Å². The van der Waals surface area contributed by atoms with E-state index in [4.69, 9.17) is 27.6 Å². The normalized spacial score (nSPS) is 20.0. The predicted molar refractivity (Wildman–Crippen MR) is 84.9 cm³/mol. The lowest BCUT2D eigenvalue weighted by molar-refractivity contribution is 0.466. The minimum atomic E-state index is -0.563. The van der Waals surface area contributed by atoms with Crippen molar-refractivity contribution in [2.24, 2.45) is 5.92 Å². The molecule has 1 atom stereocenters. The first kappa shape index (κ1) is 13.5. The number of benzene rings is 1. The van der Waals surface area contributed by atoms with Crippen LogP contribution >= 0.6 is 35.0 Å². The minimum absolute atomic E-state index is 0.300. The number of rotatable bonds is 4. The molecule has 0 radical (unpaired) electrons. The maximum Gasteiger partial charge on any atom is 0.276 e. The van der Waals surface area contributed by atoms with Crippen LogP contribution in [0.25, 0.3) is 22.4 Å². The van der Waals surface area contributed by atoms with Crippen molar-refractivity contribution >= 4 is 45.9 Å². The summed E-state index contributed by atoms with van der Waals surface area (Å²) in [4.78, 5) is 3.20. The number of H-pyrrole nitrogens is 1. The highest BCUT2D eigenvalue weighted by molar-refractivity contribution is 7.99. The standard InChI is InChI=1S/C14H11Cl2N3OS/c15-14(16)5-8(14)7-21-13-19-18-12(20-13)10-6-17-11-4-2-1-3-9(10)11/h1-4,6,8,17H,5,7H2/t8-/m1/s1. The van der Waals surface area contributed by atoms with Crippen LogP contribution in [0.4, 0.5) is 0 Å². The van der Waals surface area contributed by atoms with Gasteiger partial charge in [-0.2, -0.15) is 0 Å². The molecule has 0 amide bonds. The Hall–Kier alpha value is -1.17. The first-order chi connectivity index (χ1) is 10.1. The minimum Gasteiger partial charge on any atom is -0.411 e. The number of aromatic amines is 1. The number of thioether (sulfide) groups is 1. The van der Waals surface area contributed by atoms with Gasteiger partial charge in [0.25, 0.3) is 11.1 Å². The summed E-state index contributed by atoms with van der Waals surface area (Å²) in [6, 6.07) is 8.01. The van der Waals surface area contributed by atoms with Crippen molar-refractivity contribution in [3.8, 4) is 11.5 Å². The van der Waals surface area contributed by atoms with Gasteiger partial charge in [0.1, 0.15) is 4.33 Å². The fourth-order valence-corrected chi connectivity index (χ4v) is 3.94. The second-order valence-corrected chi connectivity index (χ2v) is 7.61. The molecule has 4 nitrogen and oxygen atoms in total. The van der Waals surface area contributed by atoms with Crippen molar-refractivity contribution in [3.05, 3.63) is 30.5 Å². The molecule has 2 heterocycles. The SMILES string of the molecule is ClC1(Cl)C[C@@H]1CSc1nnc(-c2c[nH]c3ccccc23)o1. The van der Waals surface area contributed by atoms with Gasteiger partial charge in [0.15, 0.2) is 0 Å². The number of alkyl halides is 2. The van der Waals surface area contributed by atoms with E-state index in [9.17, 15) is 0 Å². The zero-order valence-corrected chi connectivity index (χ0v) is 13.2. The van der Waals surface area contributed by atoms with Gasteiger partial charge in [0, 0.05) is 28.8 Å². The Morgan fingerprint density at radius 3 is 2.95 bits per heavy atom. The second kappa shape index (κ2) is 4.93.